The fourth-order valence-electron chi connectivity index (χ4n) is 1.86. The number of rotatable bonds is 1. The highest BCUT2D eigenvalue weighted by Gasteiger charge is 2.18. The lowest BCUT2D eigenvalue weighted by molar-refractivity contribution is 0.296. The van der Waals surface area contributed by atoms with Crippen molar-refractivity contribution in [2.75, 3.05) is 20.1 Å². The van der Waals surface area contributed by atoms with Gasteiger partial charge in [0, 0.05) is 5.92 Å². The first kappa shape index (κ1) is 9.66. The van der Waals surface area contributed by atoms with Crippen LogP contribution in [0.4, 0.5) is 4.39 Å². The fourth-order valence-corrected chi connectivity index (χ4v) is 1.86. The van der Waals surface area contributed by atoms with E-state index in [0.29, 0.717) is 0 Å². The van der Waals surface area contributed by atoms with Gasteiger partial charge in [-0.05, 0) is 50.7 Å². The molecule has 1 aromatic carbocycles. The van der Waals surface area contributed by atoms with E-state index in [9.17, 15) is 4.39 Å². The molecule has 0 atom stereocenters. The third-order valence-electron chi connectivity index (χ3n) is 2.84. The number of halogens is 1. The molecule has 2 heteroatoms. The summed E-state index contributed by atoms with van der Waals surface area (Å²) in [7, 11) is 2.14. The van der Waals surface area contributed by atoms with Crippen molar-refractivity contribution in [3.8, 4) is 0 Å². The van der Waals surface area contributed by atoms with Crippen LogP contribution < -0.4 is 0 Å². The van der Waals surface area contributed by atoms with Crippen LogP contribution in [0.5, 0.6) is 0 Å². The Morgan fingerprint density at radius 2 is 1.64 bits per heavy atom. The summed E-state index contributed by atoms with van der Waals surface area (Å²) in [6, 6.07) is 6.85. The van der Waals surface area contributed by atoms with E-state index in [1.165, 1.54) is 11.5 Å². The van der Waals surface area contributed by atoms with Crippen molar-refractivity contribution in [3.63, 3.8) is 0 Å². The van der Waals surface area contributed by atoms with Gasteiger partial charge in [0.2, 0.25) is 0 Å². The topological polar surface area (TPSA) is 3.24 Å². The second kappa shape index (κ2) is 4.09. The number of benzene rings is 1. The van der Waals surface area contributed by atoms with E-state index in [2.05, 4.69) is 11.9 Å². The molecule has 0 bridgehead atoms. The second-order valence-corrected chi connectivity index (χ2v) is 3.91. The summed E-state index contributed by atoms with van der Waals surface area (Å²) in [6.45, 7) is 2.24. The van der Waals surface area contributed by atoms with Crippen molar-refractivity contribution in [2.24, 2.45) is 0 Å². The van der Waals surface area contributed by atoms with Gasteiger partial charge in [0.25, 0.3) is 0 Å². The van der Waals surface area contributed by atoms with Crippen molar-refractivity contribution < 1.29 is 4.39 Å². The van der Waals surface area contributed by atoms with Gasteiger partial charge in [-0.2, -0.15) is 0 Å². The zero-order valence-corrected chi connectivity index (χ0v) is 8.46. The standard InChI is InChI=1S/C12H15FN/c1-14-8-6-11(7-9-14)10-2-4-12(13)5-3-10/h2-5H,6-9H2,1H3. The molecule has 1 aliphatic heterocycles. The van der Waals surface area contributed by atoms with Gasteiger partial charge in [-0.1, -0.05) is 12.1 Å². The molecular formula is C12H15FN. The molecule has 14 heavy (non-hydrogen) atoms. The molecule has 2 rings (SSSR count). The van der Waals surface area contributed by atoms with Crippen molar-refractivity contribution in [1.82, 2.24) is 4.90 Å². The van der Waals surface area contributed by atoms with Crippen LogP contribution in [0.1, 0.15) is 18.4 Å². The summed E-state index contributed by atoms with van der Waals surface area (Å²) < 4.78 is 12.7. The highest BCUT2D eigenvalue weighted by molar-refractivity contribution is 5.31. The predicted octanol–water partition coefficient (Wildman–Crippen LogP) is 2.47. The van der Waals surface area contributed by atoms with Crippen LogP contribution in [0.3, 0.4) is 0 Å². The molecule has 0 saturated carbocycles. The first-order valence-electron chi connectivity index (χ1n) is 5.05. The Kier molecular flexibility index (Phi) is 2.82. The minimum Gasteiger partial charge on any atom is -0.306 e. The maximum Gasteiger partial charge on any atom is 0.123 e. The predicted molar refractivity (Wildman–Crippen MR) is 55.5 cm³/mol. The molecular weight excluding hydrogens is 177 g/mol. The molecule has 1 nitrogen and oxygen atoms in total. The number of nitrogens with zero attached hydrogens (tertiary/aromatic N) is 1. The highest BCUT2D eigenvalue weighted by Crippen LogP contribution is 2.26. The second-order valence-electron chi connectivity index (χ2n) is 3.91. The molecule has 1 radical (unpaired) electrons. The number of piperidine rings is 1. The van der Waals surface area contributed by atoms with E-state index in [1.807, 2.05) is 12.1 Å². The Labute approximate surface area is 84.5 Å². The summed E-state index contributed by atoms with van der Waals surface area (Å²) in [5, 5.41) is 0. The first-order valence-corrected chi connectivity index (χ1v) is 5.05. The van der Waals surface area contributed by atoms with Gasteiger partial charge in [-0.25, -0.2) is 4.39 Å². The number of hydrogen-bond donors (Lipinski definition) is 0. The Morgan fingerprint density at radius 3 is 2.21 bits per heavy atom. The van der Waals surface area contributed by atoms with Gasteiger partial charge >= 0.3 is 0 Å². The van der Waals surface area contributed by atoms with Crippen LogP contribution in [0.15, 0.2) is 24.3 Å². The molecule has 0 amide bonds. The highest BCUT2D eigenvalue weighted by atomic mass is 19.1. The maximum absolute atomic E-state index is 12.7. The average Bonchev–Trinajstić information content (AvgIpc) is 2.21. The van der Waals surface area contributed by atoms with Crippen molar-refractivity contribution in [3.05, 3.63) is 41.6 Å². The molecule has 1 fully saturated rings. The number of likely N-dealkylation sites (tertiary alicyclic amines) is 1. The van der Waals surface area contributed by atoms with Crippen LogP contribution in [-0.4, -0.2) is 25.0 Å². The quantitative estimate of drug-likeness (QED) is 0.660. The zero-order chi connectivity index (χ0) is 9.97. The van der Waals surface area contributed by atoms with Gasteiger partial charge in [0.05, 0.1) is 0 Å². The molecule has 75 valence electrons. The van der Waals surface area contributed by atoms with E-state index in [-0.39, 0.29) is 5.82 Å². The van der Waals surface area contributed by atoms with Gasteiger partial charge in [0.15, 0.2) is 0 Å². The van der Waals surface area contributed by atoms with Gasteiger partial charge < -0.3 is 4.90 Å². The van der Waals surface area contributed by atoms with Crippen molar-refractivity contribution >= 4 is 0 Å². The van der Waals surface area contributed by atoms with Crippen LogP contribution in [0.2, 0.25) is 0 Å². The lowest BCUT2D eigenvalue weighted by atomic mass is 9.90. The molecule has 0 unspecified atom stereocenters. The van der Waals surface area contributed by atoms with Gasteiger partial charge in [-0.15, -0.1) is 0 Å². The van der Waals surface area contributed by atoms with Crippen LogP contribution in [0.25, 0.3) is 0 Å². The fraction of sp³-hybridized carbons (Fsp3) is 0.417. The molecule has 0 aliphatic carbocycles. The minimum atomic E-state index is -0.151. The molecule has 0 N–H and O–H groups in total. The Bertz CT molecular complexity index is 286. The van der Waals surface area contributed by atoms with E-state index in [0.717, 1.165) is 25.9 Å². The van der Waals surface area contributed by atoms with Crippen LogP contribution in [0, 0.1) is 11.7 Å². The van der Waals surface area contributed by atoms with Crippen LogP contribution in [-0.2, 0) is 0 Å². The third-order valence-corrected chi connectivity index (χ3v) is 2.84. The molecule has 1 heterocycles. The zero-order valence-electron chi connectivity index (χ0n) is 8.46. The van der Waals surface area contributed by atoms with E-state index in [1.54, 1.807) is 12.1 Å². The van der Waals surface area contributed by atoms with Crippen molar-refractivity contribution in [1.29, 1.82) is 0 Å². The van der Waals surface area contributed by atoms with E-state index < -0.39 is 0 Å². The van der Waals surface area contributed by atoms with Crippen molar-refractivity contribution in [2.45, 2.75) is 12.8 Å². The summed E-state index contributed by atoms with van der Waals surface area (Å²) in [5.41, 5.74) is 1.21. The largest absolute Gasteiger partial charge is 0.306 e. The molecule has 1 aromatic rings. The molecule has 0 spiro atoms. The summed E-state index contributed by atoms with van der Waals surface area (Å²) in [4.78, 5) is 2.33. The Morgan fingerprint density at radius 1 is 1.07 bits per heavy atom. The molecule has 1 saturated heterocycles. The Hall–Kier alpha value is -0.890. The minimum absolute atomic E-state index is 0.151. The smallest absolute Gasteiger partial charge is 0.123 e. The van der Waals surface area contributed by atoms with Gasteiger partial charge in [0.1, 0.15) is 5.82 Å². The normalized spacial score (nSPS) is 19.9. The molecule has 0 aromatic heterocycles. The summed E-state index contributed by atoms with van der Waals surface area (Å²) >= 11 is 0. The van der Waals surface area contributed by atoms with E-state index in [4.69, 9.17) is 0 Å². The average molecular weight is 192 g/mol. The van der Waals surface area contributed by atoms with E-state index >= 15 is 0 Å². The lowest BCUT2D eigenvalue weighted by Crippen LogP contribution is -2.29. The summed E-state index contributed by atoms with van der Waals surface area (Å²) in [6.07, 6.45) is 2.23. The Balaban J connectivity index is 2.05. The number of hydrogen-bond acceptors (Lipinski definition) is 1. The maximum atomic E-state index is 12.7. The molecule has 1 aliphatic rings. The van der Waals surface area contributed by atoms with Crippen LogP contribution >= 0.6 is 0 Å². The summed E-state index contributed by atoms with van der Waals surface area (Å²) in [5.74, 6) is 1.31. The monoisotopic (exact) mass is 192 g/mol. The SMILES string of the molecule is CN1CC[C](c2ccc(F)cc2)CC1. The lowest BCUT2D eigenvalue weighted by Gasteiger charge is -2.28. The van der Waals surface area contributed by atoms with Gasteiger partial charge in [-0.3, -0.25) is 0 Å². The third kappa shape index (κ3) is 2.13. The first-order chi connectivity index (χ1) is 6.75.